The van der Waals surface area contributed by atoms with E-state index in [1.807, 2.05) is 65.9 Å². The van der Waals surface area contributed by atoms with Crippen molar-refractivity contribution in [1.29, 1.82) is 0 Å². The van der Waals surface area contributed by atoms with Crippen molar-refractivity contribution in [1.82, 2.24) is 4.98 Å². The van der Waals surface area contributed by atoms with Crippen LogP contribution in [0.1, 0.15) is 119 Å². The van der Waals surface area contributed by atoms with Gasteiger partial charge in [-0.25, -0.2) is 0 Å². The molecule has 3 aromatic carbocycles. The molecule has 0 saturated carbocycles. The summed E-state index contributed by atoms with van der Waals surface area (Å²) in [4.78, 5) is 17.0. The number of carbonyl (C=O) groups excluding carboxylic acids is 1. The Kier molecular flexibility index (Phi) is 13.9. The van der Waals surface area contributed by atoms with Gasteiger partial charge in [0.2, 0.25) is 0 Å². The van der Waals surface area contributed by atoms with Crippen molar-refractivity contribution in [2.24, 2.45) is 16.7 Å². The molecule has 295 valence electrons. The van der Waals surface area contributed by atoms with Crippen LogP contribution in [0.5, 0.6) is 0 Å². The quantitative estimate of drug-likeness (QED) is 0.0796. The topological polar surface area (TPSA) is 76.5 Å². The summed E-state index contributed by atoms with van der Waals surface area (Å²) in [6, 6.07) is 24.6. The van der Waals surface area contributed by atoms with Crippen LogP contribution in [0.4, 0.5) is 0 Å². The number of furan rings is 2. The molecule has 0 spiro atoms. The Balaban J connectivity index is 0.000000320. The van der Waals surface area contributed by atoms with Gasteiger partial charge in [0.15, 0.2) is 5.78 Å². The number of carbonyl (C=O) groups is 1. The standard InChI is InChI=1S/C34H32NO2.C15H28O2.Ir/c1-20(2)16-29-21(3)31-26(12-9-13-28(31)36-29)30-19-23-14-15-35-32(33(23)37-30)24-17-22-10-7-8-11-25(22)27(18-24)34(4,5)6;1-7-14(5,8-2)12(16)11-13(17)15(6,9-3)10-4;/h7-15,18-20H,16H2,1-6H3;11,16H,7-10H2,1-6H3;/q-1;;/b;12-11-;. The first kappa shape index (κ1) is 43.7. The number of pyridine rings is 1. The van der Waals surface area contributed by atoms with Crippen LogP contribution < -0.4 is 0 Å². The van der Waals surface area contributed by atoms with Crippen molar-refractivity contribution < 1.29 is 38.8 Å². The Morgan fingerprint density at radius 2 is 1.53 bits per heavy atom. The average Bonchev–Trinajstić information content (AvgIpc) is 3.73. The van der Waals surface area contributed by atoms with E-state index < -0.39 is 0 Å². The van der Waals surface area contributed by atoms with E-state index in [0.29, 0.717) is 5.92 Å². The van der Waals surface area contributed by atoms with E-state index in [0.717, 1.165) is 87.8 Å². The Morgan fingerprint density at radius 1 is 0.873 bits per heavy atom. The maximum Gasteiger partial charge on any atom is 0.164 e. The van der Waals surface area contributed by atoms with Gasteiger partial charge in [0, 0.05) is 71.7 Å². The fraction of sp³-hybridized carbons (Fsp3) is 0.429. The number of aryl methyl sites for hydroxylation is 1. The van der Waals surface area contributed by atoms with Crippen LogP contribution in [-0.4, -0.2) is 15.9 Å². The molecule has 6 heteroatoms. The number of ketones is 1. The van der Waals surface area contributed by atoms with Crippen molar-refractivity contribution in [3.63, 3.8) is 0 Å². The number of aliphatic hydroxyl groups excluding tert-OH is 1. The number of rotatable bonds is 11. The predicted octanol–water partition coefficient (Wildman–Crippen LogP) is 14.3. The molecule has 0 amide bonds. The number of nitrogens with zero attached hydrogens (tertiary/aromatic N) is 1. The number of allylic oxidation sites excluding steroid dienone is 2. The minimum Gasteiger partial charge on any atom is -0.512 e. The maximum absolute atomic E-state index is 12.2. The fourth-order valence-corrected chi connectivity index (χ4v) is 7.07. The molecular formula is C49H60IrNO4-. The molecular weight excluding hydrogens is 859 g/mol. The number of aromatic nitrogens is 1. The molecule has 0 aliphatic rings. The zero-order valence-electron chi connectivity index (χ0n) is 35.0. The second kappa shape index (κ2) is 17.4. The summed E-state index contributed by atoms with van der Waals surface area (Å²) in [6.07, 6.45) is 7.54. The minimum atomic E-state index is -0.337. The van der Waals surface area contributed by atoms with Crippen molar-refractivity contribution in [2.45, 2.75) is 121 Å². The van der Waals surface area contributed by atoms with Gasteiger partial charge in [-0.1, -0.05) is 117 Å². The second-order valence-electron chi connectivity index (χ2n) is 16.9. The summed E-state index contributed by atoms with van der Waals surface area (Å²) in [5.41, 5.74) is 6.35. The summed E-state index contributed by atoms with van der Waals surface area (Å²) in [7, 11) is 0. The van der Waals surface area contributed by atoms with Gasteiger partial charge in [-0.05, 0) is 67.7 Å². The zero-order chi connectivity index (χ0) is 39.6. The maximum atomic E-state index is 12.2. The summed E-state index contributed by atoms with van der Waals surface area (Å²) in [6.45, 7) is 25.4. The van der Waals surface area contributed by atoms with Gasteiger partial charge in [-0.15, -0.1) is 29.1 Å². The monoisotopic (exact) mass is 919 g/mol. The van der Waals surface area contributed by atoms with Crippen LogP contribution >= 0.6 is 0 Å². The van der Waals surface area contributed by atoms with E-state index in [1.54, 1.807) is 0 Å². The number of hydrogen-bond donors (Lipinski definition) is 1. The van der Waals surface area contributed by atoms with Crippen molar-refractivity contribution in [2.75, 3.05) is 0 Å². The van der Waals surface area contributed by atoms with Crippen LogP contribution in [0.2, 0.25) is 0 Å². The van der Waals surface area contributed by atoms with E-state index >= 15 is 0 Å². The Bertz CT molecular complexity index is 2290. The first-order valence-corrected chi connectivity index (χ1v) is 19.8. The fourth-order valence-electron chi connectivity index (χ4n) is 7.07. The molecule has 0 aliphatic heterocycles. The average molecular weight is 919 g/mol. The van der Waals surface area contributed by atoms with Gasteiger partial charge in [-0.2, -0.15) is 0 Å². The van der Waals surface area contributed by atoms with Crippen LogP contribution in [0, 0.1) is 29.7 Å². The number of hydrogen-bond acceptors (Lipinski definition) is 5. The third-order valence-corrected chi connectivity index (χ3v) is 11.8. The molecule has 6 aromatic rings. The molecule has 0 saturated heterocycles. The van der Waals surface area contributed by atoms with E-state index in [2.05, 4.69) is 90.1 Å². The molecule has 0 fully saturated rings. The SMILES string of the molecule is CCC(C)(CC)C(=O)/C=C(\O)C(C)(CC)CC.Cc1c(CC(C)C)oc2cccc(-c3cc4ccnc(-c5[c-]c6ccccc6c(C(C)(C)C)c5)c4o3)c12.[Ir]. The molecule has 0 unspecified atom stereocenters. The molecule has 3 heterocycles. The number of fused-ring (bicyclic) bond motifs is 3. The molecule has 3 aromatic heterocycles. The summed E-state index contributed by atoms with van der Waals surface area (Å²) in [5.74, 6) is 2.69. The van der Waals surface area contributed by atoms with Gasteiger partial charge in [-0.3, -0.25) is 9.78 Å². The van der Waals surface area contributed by atoms with E-state index in [1.165, 1.54) is 22.6 Å². The Morgan fingerprint density at radius 3 is 2.15 bits per heavy atom. The molecule has 55 heavy (non-hydrogen) atoms. The largest absolute Gasteiger partial charge is 0.512 e. The van der Waals surface area contributed by atoms with Crippen LogP contribution in [0.15, 0.2) is 87.5 Å². The van der Waals surface area contributed by atoms with Gasteiger partial charge in [0.05, 0.1) is 0 Å². The van der Waals surface area contributed by atoms with E-state index in [9.17, 15) is 9.90 Å². The number of aliphatic hydroxyl groups is 1. The van der Waals surface area contributed by atoms with Crippen molar-refractivity contribution in [3.8, 4) is 22.6 Å². The van der Waals surface area contributed by atoms with E-state index in [-0.39, 0.29) is 47.9 Å². The third-order valence-electron chi connectivity index (χ3n) is 11.8. The first-order valence-electron chi connectivity index (χ1n) is 19.8. The summed E-state index contributed by atoms with van der Waals surface area (Å²) in [5, 5.41) is 14.6. The normalized spacial score (nSPS) is 12.6. The molecule has 1 N–H and O–H groups in total. The van der Waals surface area contributed by atoms with Gasteiger partial charge < -0.3 is 13.9 Å². The molecule has 0 atom stereocenters. The van der Waals surface area contributed by atoms with Gasteiger partial charge in [0.1, 0.15) is 28.4 Å². The van der Waals surface area contributed by atoms with Crippen molar-refractivity contribution >= 4 is 38.5 Å². The molecule has 6 rings (SSSR count). The van der Waals surface area contributed by atoms with Crippen LogP contribution in [0.3, 0.4) is 0 Å². The van der Waals surface area contributed by atoms with Crippen LogP contribution in [-0.2, 0) is 36.7 Å². The van der Waals surface area contributed by atoms with Gasteiger partial charge in [0.25, 0.3) is 0 Å². The minimum absolute atomic E-state index is 0. The third kappa shape index (κ3) is 9.03. The van der Waals surface area contributed by atoms with Crippen LogP contribution in [0.25, 0.3) is 55.3 Å². The van der Waals surface area contributed by atoms with Crippen molar-refractivity contribution in [3.05, 3.63) is 102 Å². The molecule has 0 aliphatic carbocycles. The molecule has 5 nitrogen and oxygen atoms in total. The Hall–Kier alpha value is -3.99. The number of benzene rings is 3. The zero-order valence-corrected chi connectivity index (χ0v) is 37.4. The van der Waals surface area contributed by atoms with E-state index in [4.69, 9.17) is 13.8 Å². The molecule has 0 bridgehead atoms. The smallest absolute Gasteiger partial charge is 0.164 e. The Labute approximate surface area is 342 Å². The molecule has 1 radical (unpaired) electrons. The predicted molar refractivity (Wildman–Crippen MR) is 226 cm³/mol. The first-order chi connectivity index (χ1) is 25.5. The summed E-state index contributed by atoms with van der Waals surface area (Å²) >= 11 is 0. The second-order valence-corrected chi connectivity index (χ2v) is 16.9. The summed E-state index contributed by atoms with van der Waals surface area (Å²) < 4.78 is 12.9. The van der Waals surface area contributed by atoms with Gasteiger partial charge >= 0.3 is 0 Å².